The Morgan fingerprint density at radius 1 is 1.12 bits per heavy atom. The standard InChI is InChI=1S/C18H17N3O4/c1-13-6-8-14(9-7-13)24-11-10-17(22)25-12-21-18(23)15-4-2-3-5-16(15)19-20-21/h2-9H,10-12H2,1H3. The molecule has 25 heavy (non-hydrogen) atoms. The third-order valence-corrected chi connectivity index (χ3v) is 3.57. The van der Waals surface area contributed by atoms with Crippen LogP contribution in [0.15, 0.2) is 53.3 Å². The maximum absolute atomic E-state index is 12.2. The number of fused-ring (bicyclic) bond motifs is 1. The van der Waals surface area contributed by atoms with E-state index in [9.17, 15) is 9.59 Å². The van der Waals surface area contributed by atoms with Gasteiger partial charge in [-0.3, -0.25) is 9.59 Å². The van der Waals surface area contributed by atoms with Crippen molar-refractivity contribution in [3.63, 3.8) is 0 Å². The van der Waals surface area contributed by atoms with E-state index in [1.165, 1.54) is 0 Å². The van der Waals surface area contributed by atoms with Gasteiger partial charge in [0.25, 0.3) is 5.56 Å². The molecule has 3 aromatic rings. The summed E-state index contributed by atoms with van der Waals surface area (Å²) in [7, 11) is 0. The van der Waals surface area contributed by atoms with Crippen LogP contribution in [0.25, 0.3) is 10.9 Å². The van der Waals surface area contributed by atoms with Crippen LogP contribution in [-0.2, 0) is 16.3 Å². The number of nitrogens with zero attached hydrogens (tertiary/aromatic N) is 3. The Bertz CT molecular complexity index is 935. The summed E-state index contributed by atoms with van der Waals surface area (Å²) < 4.78 is 11.5. The van der Waals surface area contributed by atoms with E-state index in [2.05, 4.69) is 10.3 Å². The minimum Gasteiger partial charge on any atom is -0.493 e. The summed E-state index contributed by atoms with van der Waals surface area (Å²) in [5.41, 5.74) is 1.28. The molecule has 0 saturated carbocycles. The highest BCUT2D eigenvalue weighted by Crippen LogP contribution is 2.11. The van der Waals surface area contributed by atoms with Crippen molar-refractivity contribution >= 4 is 16.9 Å². The highest BCUT2D eigenvalue weighted by molar-refractivity contribution is 5.76. The highest BCUT2D eigenvalue weighted by atomic mass is 16.5. The van der Waals surface area contributed by atoms with E-state index in [1.54, 1.807) is 24.3 Å². The molecule has 2 aromatic carbocycles. The Balaban J connectivity index is 1.51. The zero-order chi connectivity index (χ0) is 17.6. The Hall–Kier alpha value is -3.22. The number of ether oxygens (including phenoxy) is 2. The molecule has 0 atom stereocenters. The molecule has 0 aliphatic carbocycles. The molecule has 0 amide bonds. The minimum atomic E-state index is -0.478. The van der Waals surface area contributed by atoms with Crippen LogP contribution in [0.1, 0.15) is 12.0 Å². The number of esters is 1. The smallest absolute Gasteiger partial charge is 0.311 e. The number of aryl methyl sites for hydroxylation is 1. The van der Waals surface area contributed by atoms with Gasteiger partial charge in [-0.25, -0.2) is 0 Å². The van der Waals surface area contributed by atoms with Gasteiger partial charge in [-0.2, -0.15) is 4.68 Å². The molecule has 128 valence electrons. The van der Waals surface area contributed by atoms with Gasteiger partial charge < -0.3 is 9.47 Å². The van der Waals surface area contributed by atoms with Crippen LogP contribution in [0.5, 0.6) is 5.75 Å². The zero-order valence-electron chi connectivity index (χ0n) is 13.7. The summed E-state index contributed by atoms with van der Waals surface area (Å²) in [6.07, 6.45) is 0.0731. The van der Waals surface area contributed by atoms with E-state index >= 15 is 0 Å². The van der Waals surface area contributed by atoms with Gasteiger partial charge in [0.2, 0.25) is 0 Å². The fourth-order valence-electron chi connectivity index (χ4n) is 2.20. The number of rotatable bonds is 6. The van der Waals surface area contributed by atoms with Gasteiger partial charge in [0.05, 0.1) is 18.4 Å². The lowest BCUT2D eigenvalue weighted by atomic mass is 10.2. The molecule has 7 nitrogen and oxygen atoms in total. The lowest BCUT2D eigenvalue weighted by Gasteiger charge is -2.08. The molecule has 0 aliphatic rings. The second-order valence-electron chi connectivity index (χ2n) is 5.47. The van der Waals surface area contributed by atoms with Gasteiger partial charge in [-0.15, -0.1) is 5.10 Å². The van der Waals surface area contributed by atoms with E-state index in [0.717, 1.165) is 10.2 Å². The van der Waals surface area contributed by atoms with E-state index in [4.69, 9.17) is 9.47 Å². The summed E-state index contributed by atoms with van der Waals surface area (Å²) in [6.45, 7) is 1.90. The van der Waals surface area contributed by atoms with Crippen LogP contribution in [-0.4, -0.2) is 27.6 Å². The molecule has 0 fully saturated rings. The Morgan fingerprint density at radius 2 is 1.88 bits per heavy atom. The Kier molecular flexibility index (Phi) is 5.03. The topological polar surface area (TPSA) is 83.3 Å². The molecule has 1 heterocycles. The lowest BCUT2D eigenvalue weighted by Crippen LogP contribution is -2.26. The lowest BCUT2D eigenvalue weighted by molar-refractivity contribution is -0.148. The van der Waals surface area contributed by atoms with Crippen LogP contribution in [0.3, 0.4) is 0 Å². The highest BCUT2D eigenvalue weighted by Gasteiger charge is 2.08. The average Bonchev–Trinajstić information content (AvgIpc) is 2.63. The molecule has 0 bridgehead atoms. The van der Waals surface area contributed by atoms with Crippen molar-refractivity contribution in [3.05, 3.63) is 64.4 Å². The maximum atomic E-state index is 12.2. The molecule has 0 spiro atoms. The molecule has 3 rings (SSSR count). The van der Waals surface area contributed by atoms with Crippen molar-refractivity contribution in [1.82, 2.24) is 15.0 Å². The average molecular weight is 339 g/mol. The van der Waals surface area contributed by atoms with Gasteiger partial charge in [-0.1, -0.05) is 35.0 Å². The number of hydrogen-bond donors (Lipinski definition) is 0. The van der Waals surface area contributed by atoms with Crippen molar-refractivity contribution in [2.75, 3.05) is 6.61 Å². The summed E-state index contributed by atoms with van der Waals surface area (Å²) in [4.78, 5) is 24.0. The first-order valence-electron chi connectivity index (χ1n) is 7.81. The summed E-state index contributed by atoms with van der Waals surface area (Å²) >= 11 is 0. The van der Waals surface area contributed by atoms with Gasteiger partial charge in [-0.05, 0) is 31.2 Å². The predicted octanol–water partition coefficient (Wildman–Crippen LogP) is 2.07. The number of benzene rings is 2. The van der Waals surface area contributed by atoms with Crippen LogP contribution < -0.4 is 10.3 Å². The van der Waals surface area contributed by atoms with E-state index in [1.807, 2.05) is 31.2 Å². The molecule has 0 saturated heterocycles. The minimum absolute atomic E-state index is 0.0731. The monoisotopic (exact) mass is 339 g/mol. The normalized spacial score (nSPS) is 10.6. The van der Waals surface area contributed by atoms with Crippen molar-refractivity contribution in [1.29, 1.82) is 0 Å². The van der Waals surface area contributed by atoms with Gasteiger partial charge in [0.1, 0.15) is 11.3 Å². The number of hydrogen-bond acceptors (Lipinski definition) is 6. The Labute approximate surface area is 143 Å². The molecule has 1 aromatic heterocycles. The Morgan fingerprint density at radius 3 is 2.68 bits per heavy atom. The van der Waals surface area contributed by atoms with Crippen LogP contribution in [0.2, 0.25) is 0 Å². The third kappa shape index (κ3) is 4.20. The van der Waals surface area contributed by atoms with Gasteiger partial charge >= 0.3 is 5.97 Å². The largest absolute Gasteiger partial charge is 0.493 e. The van der Waals surface area contributed by atoms with E-state index < -0.39 is 5.97 Å². The fraction of sp³-hybridized carbons (Fsp3) is 0.222. The van der Waals surface area contributed by atoms with Crippen molar-refractivity contribution < 1.29 is 14.3 Å². The first-order chi connectivity index (χ1) is 12.1. The predicted molar refractivity (Wildman–Crippen MR) is 91.2 cm³/mol. The molecular weight excluding hydrogens is 322 g/mol. The summed E-state index contributed by atoms with van der Waals surface area (Å²) in [5, 5.41) is 8.11. The first-order valence-corrected chi connectivity index (χ1v) is 7.81. The van der Waals surface area contributed by atoms with Crippen LogP contribution >= 0.6 is 0 Å². The molecule has 0 N–H and O–H groups in total. The van der Waals surface area contributed by atoms with Crippen molar-refractivity contribution in [2.45, 2.75) is 20.1 Å². The fourth-order valence-corrected chi connectivity index (χ4v) is 2.20. The van der Waals surface area contributed by atoms with Crippen LogP contribution in [0, 0.1) is 6.92 Å². The number of carbonyl (C=O) groups excluding carboxylic acids is 1. The van der Waals surface area contributed by atoms with Crippen LogP contribution in [0.4, 0.5) is 0 Å². The number of carbonyl (C=O) groups is 1. The van der Waals surface area contributed by atoms with Gasteiger partial charge in [0.15, 0.2) is 6.73 Å². The maximum Gasteiger partial charge on any atom is 0.311 e. The van der Waals surface area contributed by atoms with Gasteiger partial charge in [0, 0.05) is 0 Å². The second-order valence-corrected chi connectivity index (χ2v) is 5.47. The third-order valence-electron chi connectivity index (χ3n) is 3.57. The SMILES string of the molecule is Cc1ccc(OCCC(=O)OCn2nnc3ccccc3c2=O)cc1. The molecule has 0 unspecified atom stereocenters. The number of aromatic nitrogens is 3. The molecule has 7 heteroatoms. The summed E-state index contributed by atoms with van der Waals surface area (Å²) in [6, 6.07) is 14.4. The quantitative estimate of drug-likeness (QED) is 0.639. The second kappa shape index (κ2) is 7.57. The van der Waals surface area contributed by atoms with E-state index in [0.29, 0.717) is 16.7 Å². The zero-order valence-corrected chi connectivity index (χ0v) is 13.7. The van der Waals surface area contributed by atoms with Crippen molar-refractivity contribution in [3.8, 4) is 5.75 Å². The van der Waals surface area contributed by atoms with Crippen molar-refractivity contribution in [2.24, 2.45) is 0 Å². The summed E-state index contributed by atoms with van der Waals surface area (Å²) in [5.74, 6) is 0.212. The molecule has 0 aliphatic heterocycles. The first kappa shape index (κ1) is 16.6. The molecular formula is C18H17N3O4. The molecule has 0 radical (unpaired) electrons. The van der Waals surface area contributed by atoms with E-state index in [-0.39, 0.29) is 25.3 Å².